The van der Waals surface area contributed by atoms with Crippen LogP contribution >= 0.6 is 11.6 Å². The van der Waals surface area contributed by atoms with Crippen molar-refractivity contribution in [1.82, 2.24) is 0 Å². The van der Waals surface area contributed by atoms with E-state index in [0.29, 0.717) is 16.5 Å². The molecule has 2 rings (SSSR count). The van der Waals surface area contributed by atoms with Crippen LogP contribution in [-0.4, -0.2) is 19.1 Å². The van der Waals surface area contributed by atoms with E-state index in [1.807, 2.05) is 0 Å². The lowest BCUT2D eigenvalue weighted by molar-refractivity contribution is -0.122. The van der Waals surface area contributed by atoms with Gasteiger partial charge < -0.3 is 14.8 Å². The summed E-state index contributed by atoms with van der Waals surface area (Å²) in [5.41, 5.74) is 0.637. The zero-order valence-corrected chi connectivity index (χ0v) is 12.6. The molecule has 0 saturated carbocycles. The smallest absolute Gasteiger partial charge is 0.265 e. The van der Waals surface area contributed by atoms with Crippen molar-refractivity contribution in [1.29, 1.82) is 0 Å². The van der Waals surface area contributed by atoms with Crippen molar-refractivity contribution >= 4 is 23.2 Å². The molecule has 2 aromatic carbocycles. The van der Waals surface area contributed by atoms with E-state index in [0.717, 1.165) is 5.75 Å². The number of hydrogen-bond acceptors (Lipinski definition) is 3. The van der Waals surface area contributed by atoms with E-state index < -0.39 is 6.10 Å². The molecule has 0 bridgehead atoms. The quantitative estimate of drug-likeness (QED) is 0.915. The van der Waals surface area contributed by atoms with Gasteiger partial charge in [0.15, 0.2) is 6.10 Å². The highest BCUT2D eigenvalue weighted by atomic mass is 35.5. The summed E-state index contributed by atoms with van der Waals surface area (Å²) in [4.78, 5) is 12.0. The second-order valence-corrected chi connectivity index (χ2v) is 4.87. The van der Waals surface area contributed by atoms with Crippen LogP contribution in [0.5, 0.6) is 11.5 Å². The SMILES string of the molecule is COc1ccc(O[C@H](C)C(=O)Nc2cccc(Cl)c2)cc1. The summed E-state index contributed by atoms with van der Waals surface area (Å²) in [6.45, 7) is 1.68. The molecule has 0 radical (unpaired) electrons. The third-order valence-corrected chi connectivity index (χ3v) is 3.07. The Kier molecular flexibility index (Phi) is 5.06. The number of amides is 1. The third-order valence-electron chi connectivity index (χ3n) is 2.83. The summed E-state index contributed by atoms with van der Waals surface area (Å²) in [7, 11) is 1.59. The van der Waals surface area contributed by atoms with Gasteiger partial charge in [-0.2, -0.15) is 0 Å². The first-order valence-electron chi connectivity index (χ1n) is 6.45. The van der Waals surface area contributed by atoms with Gasteiger partial charge >= 0.3 is 0 Å². The van der Waals surface area contributed by atoms with Crippen molar-refractivity contribution in [3.8, 4) is 11.5 Å². The summed E-state index contributed by atoms with van der Waals surface area (Å²) in [5, 5.41) is 3.32. The van der Waals surface area contributed by atoms with Crippen LogP contribution in [0.3, 0.4) is 0 Å². The number of ether oxygens (including phenoxy) is 2. The molecule has 0 aliphatic heterocycles. The van der Waals surface area contributed by atoms with Crippen LogP contribution in [0.1, 0.15) is 6.92 Å². The molecule has 1 atom stereocenters. The number of carbonyl (C=O) groups excluding carboxylic acids is 1. The van der Waals surface area contributed by atoms with Gasteiger partial charge in [-0.05, 0) is 49.4 Å². The van der Waals surface area contributed by atoms with Crippen LogP contribution in [0, 0.1) is 0 Å². The fourth-order valence-corrected chi connectivity index (χ4v) is 1.91. The number of anilines is 1. The zero-order valence-electron chi connectivity index (χ0n) is 11.8. The first kappa shape index (κ1) is 15.2. The number of benzene rings is 2. The number of halogens is 1. The van der Waals surface area contributed by atoms with E-state index in [9.17, 15) is 4.79 Å². The molecule has 0 aliphatic rings. The van der Waals surface area contributed by atoms with Crippen molar-refractivity contribution in [3.63, 3.8) is 0 Å². The molecular weight excluding hydrogens is 290 g/mol. The van der Waals surface area contributed by atoms with Gasteiger partial charge in [0.05, 0.1) is 7.11 Å². The topological polar surface area (TPSA) is 47.6 Å². The number of carbonyl (C=O) groups is 1. The Morgan fingerprint density at radius 3 is 2.43 bits per heavy atom. The van der Waals surface area contributed by atoms with Gasteiger partial charge in [-0.15, -0.1) is 0 Å². The van der Waals surface area contributed by atoms with Gasteiger partial charge in [-0.25, -0.2) is 0 Å². The maximum Gasteiger partial charge on any atom is 0.265 e. The molecule has 1 amide bonds. The first-order valence-corrected chi connectivity index (χ1v) is 6.83. The van der Waals surface area contributed by atoms with Crippen molar-refractivity contribution in [3.05, 3.63) is 53.6 Å². The highest BCUT2D eigenvalue weighted by Crippen LogP contribution is 2.19. The molecule has 0 spiro atoms. The molecule has 110 valence electrons. The molecule has 1 N–H and O–H groups in total. The van der Waals surface area contributed by atoms with E-state index in [1.54, 1.807) is 62.6 Å². The minimum absolute atomic E-state index is 0.243. The van der Waals surface area contributed by atoms with Gasteiger partial charge in [0.2, 0.25) is 0 Å². The Morgan fingerprint density at radius 2 is 1.81 bits per heavy atom. The molecule has 0 fully saturated rings. The molecule has 0 unspecified atom stereocenters. The molecule has 0 aromatic heterocycles. The lowest BCUT2D eigenvalue weighted by atomic mass is 10.3. The predicted octanol–water partition coefficient (Wildman–Crippen LogP) is 3.75. The zero-order chi connectivity index (χ0) is 15.2. The molecule has 5 heteroatoms. The summed E-state index contributed by atoms with van der Waals surface area (Å²) >= 11 is 5.87. The summed E-state index contributed by atoms with van der Waals surface area (Å²) in [6, 6.07) is 14.0. The minimum Gasteiger partial charge on any atom is -0.497 e. The Labute approximate surface area is 128 Å². The molecule has 4 nitrogen and oxygen atoms in total. The van der Waals surface area contributed by atoms with E-state index in [2.05, 4.69) is 5.32 Å². The van der Waals surface area contributed by atoms with Gasteiger partial charge in [-0.3, -0.25) is 4.79 Å². The minimum atomic E-state index is -0.627. The van der Waals surface area contributed by atoms with Gasteiger partial charge in [-0.1, -0.05) is 17.7 Å². The van der Waals surface area contributed by atoms with E-state index in [1.165, 1.54) is 0 Å². The maximum absolute atomic E-state index is 12.0. The van der Waals surface area contributed by atoms with Crippen LogP contribution < -0.4 is 14.8 Å². The Bertz CT molecular complexity index is 613. The predicted molar refractivity (Wildman–Crippen MR) is 83.2 cm³/mol. The van der Waals surface area contributed by atoms with Crippen LogP contribution in [-0.2, 0) is 4.79 Å². The van der Waals surface area contributed by atoms with E-state index in [4.69, 9.17) is 21.1 Å². The van der Waals surface area contributed by atoms with Crippen molar-refractivity contribution in [2.75, 3.05) is 12.4 Å². The van der Waals surface area contributed by atoms with Crippen LogP contribution in [0.15, 0.2) is 48.5 Å². The third kappa shape index (κ3) is 4.39. The maximum atomic E-state index is 12.0. The number of rotatable bonds is 5. The molecule has 0 aliphatic carbocycles. The van der Waals surface area contributed by atoms with Crippen LogP contribution in [0.2, 0.25) is 5.02 Å². The highest BCUT2D eigenvalue weighted by molar-refractivity contribution is 6.30. The normalized spacial score (nSPS) is 11.6. The van der Waals surface area contributed by atoms with Gasteiger partial charge in [0.25, 0.3) is 5.91 Å². The summed E-state index contributed by atoms with van der Waals surface area (Å²) in [5.74, 6) is 1.09. The summed E-state index contributed by atoms with van der Waals surface area (Å²) < 4.78 is 10.6. The van der Waals surface area contributed by atoms with Crippen molar-refractivity contribution in [2.24, 2.45) is 0 Å². The largest absolute Gasteiger partial charge is 0.497 e. The summed E-state index contributed by atoms with van der Waals surface area (Å²) in [6.07, 6.45) is -0.627. The molecule has 21 heavy (non-hydrogen) atoms. The Morgan fingerprint density at radius 1 is 1.14 bits per heavy atom. The molecular formula is C16H16ClNO3. The van der Waals surface area contributed by atoms with Crippen molar-refractivity contribution in [2.45, 2.75) is 13.0 Å². The van der Waals surface area contributed by atoms with Crippen LogP contribution in [0.25, 0.3) is 0 Å². The van der Waals surface area contributed by atoms with E-state index >= 15 is 0 Å². The van der Waals surface area contributed by atoms with Crippen LogP contribution in [0.4, 0.5) is 5.69 Å². The standard InChI is InChI=1S/C16H16ClNO3/c1-11(21-15-8-6-14(20-2)7-9-15)16(19)18-13-5-3-4-12(17)10-13/h3-11H,1-2H3,(H,18,19)/t11-/m1/s1. The second-order valence-electron chi connectivity index (χ2n) is 4.44. The average molecular weight is 306 g/mol. The fourth-order valence-electron chi connectivity index (χ4n) is 1.72. The van der Waals surface area contributed by atoms with Gasteiger partial charge in [0, 0.05) is 10.7 Å². The molecule has 0 saturated heterocycles. The number of hydrogen-bond donors (Lipinski definition) is 1. The fraction of sp³-hybridized carbons (Fsp3) is 0.188. The Balaban J connectivity index is 1.95. The second kappa shape index (κ2) is 6.99. The highest BCUT2D eigenvalue weighted by Gasteiger charge is 2.15. The van der Waals surface area contributed by atoms with Gasteiger partial charge in [0.1, 0.15) is 11.5 Å². The lowest BCUT2D eigenvalue weighted by Gasteiger charge is -2.15. The number of methoxy groups -OCH3 is 1. The number of nitrogens with one attached hydrogen (secondary N) is 1. The lowest BCUT2D eigenvalue weighted by Crippen LogP contribution is -2.30. The van der Waals surface area contributed by atoms with E-state index in [-0.39, 0.29) is 5.91 Å². The van der Waals surface area contributed by atoms with Crippen molar-refractivity contribution < 1.29 is 14.3 Å². The average Bonchev–Trinajstić information content (AvgIpc) is 2.48. The molecule has 2 aromatic rings. The first-order chi connectivity index (χ1) is 10.1. The Hall–Kier alpha value is -2.20. The monoisotopic (exact) mass is 305 g/mol. The molecule has 0 heterocycles.